The number of aliphatic hydroxyl groups is 1. The molecule has 84 valence electrons. The van der Waals surface area contributed by atoms with Crippen LogP contribution in [0.15, 0.2) is 18.2 Å². The lowest BCUT2D eigenvalue weighted by molar-refractivity contribution is 0.263. The molecule has 0 spiro atoms. The molecule has 0 aliphatic carbocycles. The summed E-state index contributed by atoms with van der Waals surface area (Å²) in [4.78, 5) is 0. The zero-order valence-electron chi connectivity index (χ0n) is 8.96. The molecule has 0 heterocycles. The maximum absolute atomic E-state index is 9.23. The monoisotopic (exact) mass is 229 g/mol. The number of ether oxygens (including phenoxy) is 1. The molecule has 0 aromatic heterocycles. The van der Waals surface area contributed by atoms with E-state index in [1.807, 2.05) is 19.2 Å². The minimum Gasteiger partial charge on any atom is -0.497 e. The molecule has 0 bridgehead atoms. The number of likely N-dealkylation sites (N-methyl/N-ethyl adjacent to an activating group) is 1. The second-order valence-electron chi connectivity index (χ2n) is 3.32. The van der Waals surface area contributed by atoms with E-state index in [1.54, 1.807) is 13.2 Å². The highest BCUT2D eigenvalue weighted by Crippen LogP contribution is 2.27. The van der Waals surface area contributed by atoms with E-state index in [0.29, 0.717) is 11.6 Å². The minimum atomic E-state index is 0.0217. The Morgan fingerprint density at radius 3 is 2.73 bits per heavy atom. The minimum absolute atomic E-state index is 0.0217. The fraction of sp³-hybridized carbons (Fsp3) is 0.455. The molecular formula is C11H16ClNO2. The zero-order chi connectivity index (χ0) is 11.3. The number of methoxy groups -OCH3 is 1. The van der Waals surface area contributed by atoms with Crippen LogP contribution in [0.3, 0.4) is 0 Å². The molecule has 1 aromatic carbocycles. The lowest BCUT2D eigenvalue weighted by Gasteiger charge is -2.16. The van der Waals surface area contributed by atoms with Gasteiger partial charge in [0.05, 0.1) is 13.7 Å². The van der Waals surface area contributed by atoms with Crippen molar-refractivity contribution in [3.63, 3.8) is 0 Å². The van der Waals surface area contributed by atoms with E-state index in [0.717, 1.165) is 11.3 Å². The van der Waals surface area contributed by atoms with Crippen molar-refractivity contribution >= 4 is 11.6 Å². The van der Waals surface area contributed by atoms with Gasteiger partial charge in [-0.3, -0.25) is 0 Å². The molecule has 1 rings (SSSR count). The first-order chi connectivity index (χ1) is 7.22. The van der Waals surface area contributed by atoms with Crippen LogP contribution in [0.5, 0.6) is 5.75 Å². The predicted molar refractivity (Wildman–Crippen MR) is 61.8 cm³/mol. The molecule has 1 atom stereocenters. The van der Waals surface area contributed by atoms with Gasteiger partial charge in [-0.25, -0.2) is 0 Å². The molecule has 4 heteroatoms. The molecule has 0 aliphatic rings. The van der Waals surface area contributed by atoms with E-state index in [1.165, 1.54) is 0 Å². The SMILES string of the molecule is CNCC(CO)c1ccc(OC)cc1Cl. The third-order valence-electron chi connectivity index (χ3n) is 2.32. The number of aliphatic hydroxyl groups excluding tert-OH is 1. The maximum atomic E-state index is 9.23. The molecule has 0 saturated heterocycles. The second kappa shape index (κ2) is 5.95. The summed E-state index contributed by atoms with van der Waals surface area (Å²) >= 11 is 6.10. The summed E-state index contributed by atoms with van der Waals surface area (Å²) in [7, 11) is 3.45. The van der Waals surface area contributed by atoms with Gasteiger partial charge >= 0.3 is 0 Å². The van der Waals surface area contributed by atoms with Crippen LogP contribution >= 0.6 is 11.6 Å². The summed E-state index contributed by atoms with van der Waals surface area (Å²) in [5.41, 5.74) is 0.939. The molecule has 3 nitrogen and oxygen atoms in total. The highest BCUT2D eigenvalue weighted by molar-refractivity contribution is 6.31. The van der Waals surface area contributed by atoms with Gasteiger partial charge in [0.25, 0.3) is 0 Å². The van der Waals surface area contributed by atoms with Gasteiger partial charge in [-0.2, -0.15) is 0 Å². The van der Waals surface area contributed by atoms with Crippen LogP contribution in [0.25, 0.3) is 0 Å². The predicted octanol–water partition coefficient (Wildman–Crippen LogP) is 1.64. The number of halogens is 1. The normalized spacial score (nSPS) is 12.5. The average molecular weight is 230 g/mol. The Kier molecular flexibility index (Phi) is 4.88. The number of hydrogen-bond acceptors (Lipinski definition) is 3. The van der Waals surface area contributed by atoms with Crippen LogP contribution in [0.4, 0.5) is 0 Å². The van der Waals surface area contributed by atoms with E-state index < -0.39 is 0 Å². The molecule has 0 aliphatic heterocycles. The third-order valence-corrected chi connectivity index (χ3v) is 2.65. The summed E-state index contributed by atoms with van der Waals surface area (Å²) in [5.74, 6) is 0.748. The summed E-state index contributed by atoms with van der Waals surface area (Å²) < 4.78 is 5.06. The van der Waals surface area contributed by atoms with Crippen molar-refractivity contribution in [2.45, 2.75) is 5.92 Å². The first kappa shape index (κ1) is 12.3. The fourth-order valence-electron chi connectivity index (χ4n) is 1.49. The van der Waals surface area contributed by atoms with Crippen LogP contribution in [0, 0.1) is 0 Å². The third kappa shape index (κ3) is 3.09. The van der Waals surface area contributed by atoms with Crippen LogP contribution in [0.1, 0.15) is 11.5 Å². The van der Waals surface area contributed by atoms with Gasteiger partial charge in [-0.05, 0) is 24.7 Å². The van der Waals surface area contributed by atoms with E-state index in [9.17, 15) is 5.11 Å². The standard InChI is InChI=1S/C11H16ClNO2/c1-13-6-8(7-14)10-4-3-9(15-2)5-11(10)12/h3-5,8,13-14H,6-7H2,1-2H3. The Morgan fingerprint density at radius 1 is 1.53 bits per heavy atom. The summed E-state index contributed by atoms with van der Waals surface area (Å²) in [6.07, 6.45) is 0. The van der Waals surface area contributed by atoms with Crippen molar-refractivity contribution in [3.05, 3.63) is 28.8 Å². The van der Waals surface area contributed by atoms with Gasteiger partial charge in [-0.15, -0.1) is 0 Å². The van der Waals surface area contributed by atoms with Crippen molar-refractivity contribution in [2.75, 3.05) is 27.3 Å². The highest BCUT2D eigenvalue weighted by Gasteiger charge is 2.13. The quantitative estimate of drug-likeness (QED) is 0.807. The molecule has 1 unspecified atom stereocenters. The van der Waals surface area contributed by atoms with Crippen LogP contribution < -0.4 is 10.1 Å². The lowest BCUT2D eigenvalue weighted by Crippen LogP contribution is -2.20. The molecule has 1 aromatic rings. The Labute approximate surface area is 95.0 Å². The molecular weight excluding hydrogens is 214 g/mol. The molecule has 2 N–H and O–H groups in total. The van der Waals surface area contributed by atoms with Gasteiger partial charge in [0.2, 0.25) is 0 Å². The van der Waals surface area contributed by atoms with Crippen molar-refractivity contribution in [1.82, 2.24) is 5.32 Å². The number of hydrogen-bond donors (Lipinski definition) is 2. The number of nitrogens with one attached hydrogen (secondary N) is 1. The van der Waals surface area contributed by atoms with Gasteiger partial charge in [0.1, 0.15) is 5.75 Å². The van der Waals surface area contributed by atoms with E-state index >= 15 is 0 Å². The van der Waals surface area contributed by atoms with Gasteiger partial charge in [0, 0.05) is 17.5 Å². The highest BCUT2D eigenvalue weighted by atomic mass is 35.5. The first-order valence-electron chi connectivity index (χ1n) is 4.81. The maximum Gasteiger partial charge on any atom is 0.120 e. The average Bonchev–Trinajstić information content (AvgIpc) is 2.26. The van der Waals surface area contributed by atoms with Crippen molar-refractivity contribution in [2.24, 2.45) is 0 Å². The summed E-state index contributed by atoms with van der Waals surface area (Å²) in [5, 5.41) is 12.9. The number of benzene rings is 1. The van der Waals surface area contributed by atoms with Crippen LogP contribution in [-0.4, -0.2) is 32.4 Å². The van der Waals surface area contributed by atoms with Crippen LogP contribution in [-0.2, 0) is 0 Å². The Bertz CT molecular complexity index is 317. The summed E-state index contributed by atoms with van der Waals surface area (Å²) in [6.45, 7) is 0.773. The van der Waals surface area contributed by atoms with Crippen molar-refractivity contribution in [1.29, 1.82) is 0 Å². The topological polar surface area (TPSA) is 41.5 Å². The molecule has 0 radical (unpaired) electrons. The van der Waals surface area contributed by atoms with Gasteiger partial charge in [0.15, 0.2) is 0 Å². The Hall–Kier alpha value is -0.770. The lowest BCUT2D eigenvalue weighted by atomic mass is 10.00. The smallest absolute Gasteiger partial charge is 0.120 e. The van der Waals surface area contributed by atoms with Gasteiger partial charge < -0.3 is 15.2 Å². The van der Waals surface area contributed by atoms with E-state index in [-0.39, 0.29) is 12.5 Å². The molecule has 15 heavy (non-hydrogen) atoms. The molecule has 0 saturated carbocycles. The first-order valence-corrected chi connectivity index (χ1v) is 5.19. The second-order valence-corrected chi connectivity index (χ2v) is 3.73. The summed E-state index contributed by atoms with van der Waals surface area (Å²) in [6, 6.07) is 5.49. The Morgan fingerprint density at radius 2 is 2.27 bits per heavy atom. The Balaban J connectivity index is 2.92. The van der Waals surface area contributed by atoms with E-state index in [4.69, 9.17) is 16.3 Å². The zero-order valence-corrected chi connectivity index (χ0v) is 9.71. The molecule has 0 fully saturated rings. The van der Waals surface area contributed by atoms with Crippen molar-refractivity contribution in [3.8, 4) is 5.75 Å². The fourth-order valence-corrected chi connectivity index (χ4v) is 1.81. The largest absolute Gasteiger partial charge is 0.497 e. The van der Waals surface area contributed by atoms with E-state index in [2.05, 4.69) is 5.32 Å². The van der Waals surface area contributed by atoms with Gasteiger partial charge in [-0.1, -0.05) is 17.7 Å². The molecule has 0 amide bonds. The number of rotatable bonds is 5. The van der Waals surface area contributed by atoms with Crippen molar-refractivity contribution < 1.29 is 9.84 Å². The van der Waals surface area contributed by atoms with Crippen LogP contribution in [0.2, 0.25) is 5.02 Å².